The van der Waals surface area contributed by atoms with Crippen molar-refractivity contribution in [3.05, 3.63) is 54.1 Å². The van der Waals surface area contributed by atoms with E-state index in [4.69, 9.17) is 10.5 Å². The fourth-order valence-electron chi connectivity index (χ4n) is 1.86. The molecular weight excluding hydrogens is 297 g/mol. The number of nitrogen functional groups attached to an aromatic ring is 1. The summed E-state index contributed by atoms with van der Waals surface area (Å²) in [5.74, 6) is -3.68. The SMILES string of the molecule is Nc1cn[nH]c1-c1ccc(Oc2c(F)cccc2F)nc1F. The summed E-state index contributed by atoms with van der Waals surface area (Å²) in [6.45, 7) is 0. The Kier molecular flexibility index (Phi) is 3.42. The molecule has 0 amide bonds. The first-order valence-corrected chi connectivity index (χ1v) is 6.14. The van der Waals surface area contributed by atoms with Crippen LogP contribution in [0, 0.1) is 17.6 Å². The zero-order valence-corrected chi connectivity index (χ0v) is 11.0. The van der Waals surface area contributed by atoms with Crippen molar-refractivity contribution in [3.63, 3.8) is 0 Å². The maximum Gasteiger partial charge on any atom is 0.225 e. The number of pyridine rings is 1. The van der Waals surface area contributed by atoms with Gasteiger partial charge in [0.2, 0.25) is 17.6 Å². The van der Waals surface area contributed by atoms with Gasteiger partial charge in [0.1, 0.15) is 0 Å². The van der Waals surface area contributed by atoms with Crippen LogP contribution >= 0.6 is 0 Å². The number of halogens is 3. The highest BCUT2D eigenvalue weighted by molar-refractivity contribution is 5.71. The van der Waals surface area contributed by atoms with Crippen LogP contribution in [0.15, 0.2) is 36.5 Å². The topological polar surface area (TPSA) is 76.8 Å². The lowest BCUT2D eigenvalue weighted by atomic mass is 10.2. The van der Waals surface area contributed by atoms with Gasteiger partial charge < -0.3 is 10.5 Å². The Morgan fingerprint density at radius 1 is 1.05 bits per heavy atom. The second-order valence-corrected chi connectivity index (χ2v) is 4.34. The standard InChI is InChI=1S/C14H9F3N4O/c15-8-2-1-3-9(16)13(8)22-11-5-4-7(14(17)20-11)12-10(18)6-19-21-12/h1-6H,18H2,(H,19,21). The Morgan fingerprint density at radius 3 is 2.36 bits per heavy atom. The monoisotopic (exact) mass is 306 g/mol. The van der Waals surface area contributed by atoms with Gasteiger partial charge in [0.25, 0.3) is 0 Å². The fourth-order valence-corrected chi connectivity index (χ4v) is 1.86. The molecule has 0 unspecified atom stereocenters. The number of nitrogens with two attached hydrogens (primary N) is 1. The van der Waals surface area contributed by atoms with Crippen molar-refractivity contribution in [2.45, 2.75) is 0 Å². The summed E-state index contributed by atoms with van der Waals surface area (Å²) in [6, 6.07) is 5.82. The first-order chi connectivity index (χ1) is 10.6. The third kappa shape index (κ3) is 2.46. The van der Waals surface area contributed by atoms with Gasteiger partial charge in [-0.05, 0) is 18.2 Å². The molecule has 0 aliphatic carbocycles. The van der Waals surface area contributed by atoms with Crippen molar-refractivity contribution >= 4 is 5.69 Å². The van der Waals surface area contributed by atoms with Crippen LogP contribution in [0.25, 0.3) is 11.3 Å². The molecule has 0 fully saturated rings. The van der Waals surface area contributed by atoms with Gasteiger partial charge in [-0.2, -0.15) is 14.5 Å². The number of hydrogen-bond acceptors (Lipinski definition) is 4. The number of H-pyrrole nitrogens is 1. The zero-order chi connectivity index (χ0) is 15.7. The van der Waals surface area contributed by atoms with Gasteiger partial charge >= 0.3 is 0 Å². The second-order valence-electron chi connectivity index (χ2n) is 4.34. The van der Waals surface area contributed by atoms with E-state index in [1.165, 1.54) is 24.4 Å². The fraction of sp³-hybridized carbons (Fsp3) is 0. The Labute approximate surface area is 122 Å². The van der Waals surface area contributed by atoms with Crippen LogP contribution in [-0.2, 0) is 0 Å². The molecule has 0 bridgehead atoms. The van der Waals surface area contributed by atoms with Gasteiger partial charge in [-0.3, -0.25) is 5.10 Å². The van der Waals surface area contributed by atoms with Gasteiger partial charge in [0.05, 0.1) is 23.1 Å². The number of nitrogens with zero attached hydrogens (tertiary/aromatic N) is 2. The molecule has 112 valence electrons. The molecule has 0 atom stereocenters. The van der Waals surface area contributed by atoms with Crippen molar-refractivity contribution in [1.29, 1.82) is 0 Å². The van der Waals surface area contributed by atoms with E-state index in [2.05, 4.69) is 15.2 Å². The number of para-hydroxylation sites is 1. The largest absolute Gasteiger partial charge is 0.433 e. The molecule has 3 aromatic rings. The molecule has 0 radical (unpaired) electrons. The van der Waals surface area contributed by atoms with E-state index in [-0.39, 0.29) is 22.8 Å². The molecule has 2 heterocycles. The number of aromatic amines is 1. The van der Waals surface area contributed by atoms with Crippen molar-refractivity contribution < 1.29 is 17.9 Å². The predicted octanol–water partition coefficient (Wildman–Crippen LogP) is 3.26. The van der Waals surface area contributed by atoms with E-state index in [1.807, 2.05) is 0 Å². The third-order valence-electron chi connectivity index (χ3n) is 2.89. The minimum atomic E-state index is -0.913. The average Bonchev–Trinajstić information content (AvgIpc) is 2.89. The molecular formula is C14H9F3N4O. The quantitative estimate of drug-likeness (QED) is 0.728. The summed E-state index contributed by atoms with van der Waals surface area (Å²) in [7, 11) is 0. The molecule has 3 rings (SSSR count). The van der Waals surface area contributed by atoms with Crippen molar-refractivity contribution in [2.24, 2.45) is 0 Å². The summed E-state index contributed by atoms with van der Waals surface area (Å²) in [6.07, 6.45) is 1.33. The molecule has 0 spiro atoms. The number of anilines is 1. The molecule has 0 aliphatic heterocycles. The van der Waals surface area contributed by atoms with Gasteiger partial charge in [0.15, 0.2) is 11.6 Å². The van der Waals surface area contributed by atoms with E-state index in [0.717, 1.165) is 12.1 Å². The number of benzene rings is 1. The number of rotatable bonds is 3. The smallest absolute Gasteiger partial charge is 0.225 e. The van der Waals surface area contributed by atoms with Crippen molar-refractivity contribution in [3.8, 4) is 22.9 Å². The molecule has 0 saturated carbocycles. The lowest BCUT2D eigenvalue weighted by molar-refractivity contribution is 0.388. The highest BCUT2D eigenvalue weighted by atomic mass is 19.1. The van der Waals surface area contributed by atoms with E-state index >= 15 is 0 Å². The van der Waals surface area contributed by atoms with Crippen molar-refractivity contribution in [2.75, 3.05) is 5.73 Å². The third-order valence-corrected chi connectivity index (χ3v) is 2.89. The van der Waals surface area contributed by atoms with Gasteiger partial charge in [-0.25, -0.2) is 8.78 Å². The molecule has 2 aromatic heterocycles. The summed E-state index contributed by atoms with van der Waals surface area (Å²) < 4.78 is 45.9. The molecule has 5 nitrogen and oxygen atoms in total. The van der Waals surface area contributed by atoms with Crippen LogP contribution in [0.2, 0.25) is 0 Å². The van der Waals surface area contributed by atoms with E-state index < -0.39 is 23.3 Å². The highest BCUT2D eigenvalue weighted by Crippen LogP contribution is 2.30. The maximum atomic E-state index is 14.0. The lowest BCUT2D eigenvalue weighted by Crippen LogP contribution is -1.98. The summed E-state index contributed by atoms with van der Waals surface area (Å²) in [5.41, 5.74) is 6.19. The Hall–Kier alpha value is -3.03. The van der Waals surface area contributed by atoms with Crippen LogP contribution in [0.5, 0.6) is 11.6 Å². The number of nitrogens with one attached hydrogen (secondary N) is 1. The predicted molar refractivity (Wildman–Crippen MR) is 72.6 cm³/mol. The Balaban J connectivity index is 1.94. The van der Waals surface area contributed by atoms with Gasteiger partial charge in [0, 0.05) is 6.07 Å². The van der Waals surface area contributed by atoms with Crippen LogP contribution in [0.4, 0.5) is 18.9 Å². The van der Waals surface area contributed by atoms with Gasteiger partial charge in [-0.15, -0.1) is 0 Å². The van der Waals surface area contributed by atoms with E-state index in [9.17, 15) is 13.2 Å². The molecule has 0 saturated heterocycles. The second kappa shape index (κ2) is 5.40. The number of hydrogen-bond donors (Lipinski definition) is 2. The van der Waals surface area contributed by atoms with E-state index in [1.54, 1.807) is 0 Å². The lowest BCUT2D eigenvalue weighted by Gasteiger charge is -2.08. The first kappa shape index (κ1) is 13.9. The Morgan fingerprint density at radius 2 is 1.77 bits per heavy atom. The molecule has 3 N–H and O–H groups in total. The summed E-state index contributed by atoms with van der Waals surface area (Å²) in [4.78, 5) is 3.52. The molecule has 8 heteroatoms. The minimum absolute atomic E-state index is 0.0661. The minimum Gasteiger partial charge on any atom is -0.433 e. The normalized spacial score (nSPS) is 10.7. The molecule has 0 aliphatic rings. The molecule has 1 aromatic carbocycles. The van der Waals surface area contributed by atoms with Crippen LogP contribution in [0.1, 0.15) is 0 Å². The van der Waals surface area contributed by atoms with Crippen LogP contribution in [-0.4, -0.2) is 15.2 Å². The number of aromatic nitrogens is 3. The summed E-state index contributed by atoms with van der Waals surface area (Å²) >= 11 is 0. The molecule has 22 heavy (non-hydrogen) atoms. The maximum absolute atomic E-state index is 14.0. The summed E-state index contributed by atoms with van der Waals surface area (Å²) in [5, 5.41) is 6.21. The first-order valence-electron chi connectivity index (χ1n) is 6.14. The average molecular weight is 306 g/mol. The van der Waals surface area contributed by atoms with Crippen molar-refractivity contribution in [1.82, 2.24) is 15.2 Å². The van der Waals surface area contributed by atoms with Crippen LogP contribution < -0.4 is 10.5 Å². The van der Waals surface area contributed by atoms with Crippen LogP contribution in [0.3, 0.4) is 0 Å². The highest BCUT2D eigenvalue weighted by Gasteiger charge is 2.15. The van der Waals surface area contributed by atoms with Gasteiger partial charge in [-0.1, -0.05) is 6.07 Å². The van der Waals surface area contributed by atoms with E-state index in [0.29, 0.717) is 0 Å². The number of ether oxygens (including phenoxy) is 1. The zero-order valence-electron chi connectivity index (χ0n) is 11.0. The Bertz CT molecular complexity index is 814.